The Morgan fingerprint density at radius 3 is 1.73 bits per heavy atom. The van der Waals surface area contributed by atoms with Crippen molar-refractivity contribution in [3.8, 4) is 17.2 Å². The first-order chi connectivity index (χ1) is 23.4. The summed E-state index contributed by atoms with van der Waals surface area (Å²) < 4.78 is 26.9. The summed E-state index contributed by atoms with van der Waals surface area (Å²) in [6.07, 6.45) is 2.07. The zero-order valence-corrected chi connectivity index (χ0v) is 28.5. The van der Waals surface area contributed by atoms with E-state index in [1.165, 1.54) is 0 Å². The van der Waals surface area contributed by atoms with Gasteiger partial charge < -0.3 is 23.7 Å². The maximum absolute atomic E-state index is 11.9. The normalized spacial score (nSPS) is 16.8. The number of carbonyl (C=O) groups excluding carboxylic acids is 6. The van der Waals surface area contributed by atoms with Crippen molar-refractivity contribution in [3.63, 3.8) is 0 Å². The molecule has 1 aliphatic carbocycles. The van der Waals surface area contributed by atoms with Crippen molar-refractivity contribution in [2.24, 2.45) is 0 Å². The van der Waals surface area contributed by atoms with Gasteiger partial charge in [0.1, 0.15) is 23.7 Å². The number of esters is 4. The molecule has 11 nitrogen and oxygen atoms in total. The lowest BCUT2D eigenvalue weighted by Gasteiger charge is -2.16. The minimum absolute atomic E-state index is 0.0205. The highest BCUT2D eigenvalue weighted by molar-refractivity contribution is 6.52. The molecule has 0 N–H and O–H groups in total. The van der Waals surface area contributed by atoms with Gasteiger partial charge in [-0.3, -0.25) is 28.8 Å². The van der Waals surface area contributed by atoms with E-state index in [0.29, 0.717) is 52.4 Å². The van der Waals surface area contributed by atoms with E-state index in [4.69, 9.17) is 18.9 Å². The van der Waals surface area contributed by atoms with E-state index in [-0.39, 0.29) is 49.8 Å². The van der Waals surface area contributed by atoms with Crippen LogP contribution in [0.2, 0.25) is 0 Å². The largest absolute Gasteiger partial charge is 0.489 e. The van der Waals surface area contributed by atoms with Gasteiger partial charge in [0, 0.05) is 71.6 Å². The van der Waals surface area contributed by atoms with Gasteiger partial charge in [-0.15, -0.1) is 0 Å². The maximum Gasteiger partial charge on any atom is 0.313 e. The van der Waals surface area contributed by atoms with Crippen LogP contribution in [0.3, 0.4) is 0 Å². The molecule has 3 aromatic rings. The highest BCUT2D eigenvalue weighted by atomic mass is 16.6. The maximum atomic E-state index is 11.9. The second kappa shape index (κ2) is 16.2. The number of hydrogen-bond acceptors (Lipinski definition) is 11. The molecule has 3 aromatic carbocycles. The molecule has 0 aromatic heterocycles. The highest BCUT2D eigenvalue weighted by Crippen LogP contribution is 2.49. The van der Waals surface area contributed by atoms with Crippen LogP contribution in [0.25, 0.3) is 16.5 Å². The topological polar surface area (TPSA) is 149 Å². The van der Waals surface area contributed by atoms with Crippen LogP contribution in [-0.2, 0) is 39.9 Å². The SMILES string of the molecule is CC1CC2=C(O1)c1ccccc1C(=O)C2=O.CCC(=O)OC(=O)CC.CCC(=O)Oc1c2c(c3ccccc3c1OC(=O)CC)OC(C)C2. The first-order valence-electron chi connectivity index (χ1n) is 16.4. The molecule has 2 atom stereocenters. The van der Waals surface area contributed by atoms with E-state index < -0.39 is 23.5 Å². The summed E-state index contributed by atoms with van der Waals surface area (Å²) >= 11 is 0. The number of ketones is 2. The minimum Gasteiger partial charge on any atom is -0.489 e. The number of Topliss-reactive ketones (excluding diaryl/α,β-unsaturated/α-hetero) is 2. The summed E-state index contributed by atoms with van der Waals surface area (Å²) in [6.45, 7) is 10.6. The molecule has 0 amide bonds. The van der Waals surface area contributed by atoms with Crippen molar-refractivity contribution in [1.82, 2.24) is 0 Å². The second-order valence-corrected chi connectivity index (χ2v) is 11.5. The molecule has 0 saturated heterocycles. The number of ether oxygens (including phenoxy) is 5. The van der Waals surface area contributed by atoms with Gasteiger partial charge in [-0.1, -0.05) is 76.2 Å². The molecule has 258 valence electrons. The van der Waals surface area contributed by atoms with Crippen LogP contribution in [0.1, 0.15) is 95.1 Å². The van der Waals surface area contributed by atoms with Crippen LogP contribution in [-0.4, -0.2) is 47.7 Å². The van der Waals surface area contributed by atoms with Gasteiger partial charge in [0.05, 0.1) is 0 Å². The molecular weight excluding hydrogens is 632 g/mol. The third-order valence-electron chi connectivity index (χ3n) is 7.78. The molecule has 0 bridgehead atoms. The predicted octanol–water partition coefficient (Wildman–Crippen LogP) is 6.64. The van der Waals surface area contributed by atoms with Crippen molar-refractivity contribution in [3.05, 3.63) is 70.8 Å². The lowest BCUT2D eigenvalue weighted by molar-refractivity contribution is -0.159. The fourth-order valence-corrected chi connectivity index (χ4v) is 5.36. The van der Waals surface area contributed by atoms with Crippen LogP contribution in [0.5, 0.6) is 17.2 Å². The Hall–Kier alpha value is -5.32. The summed E-state index contributed by atoms with van der Waals surface area (Å²) in [7, 11) is 0. The average Bonchev–Trinajstić information content (AvgIpc) is 3.71. The first kappa shape index (κ1) is 36.5. The van der Waals surface area contributed by atoms with Crippen molar-refractivity contribution in [2.75, 3.05) is 0 Å². The summed E-state index contributed by atoms with van der Waals surface area (Å²) in [4.78, 5) is 68.1. The number of hydrogen-bond donors (Lipinski definition) is 0. The standard InChI is InChI=1S/C19H20O5.C13H10O3.C6H10O3/c1-4-15(20)23-18-13-9-7-6-8-12(13)17-14(10-11(3)22-17)19(18)24-16(21)5-2;1-7-6-10-12(15)11(14)8-4-2-3-5-9(8)13(10)16-7;1-3-5(7)9-6(8)4-2/h6-9,11H,4-5,10H2,1-3H3;2-5,7H,6H2,1H3;3-4H2,1-2H3. The monoisotopic (exact) mass is 672 g/mol. The average molecular weight is 673 g/mol. The Bertz CT molecular complexity index is 1820. The van der Waals surface area contributed by atoms with E-state index in [1.807, 2.05) is 50.2 Å². The van der Waals surface area contributed by atoms with Crippen LogP contribution in [0.4, 0.5) is 0 Å². The third-order valence-corrected chi connectivity index (χ3v) is 7.78. The Balaban J connectivity index is 0.000000186. The van der Waals surface area contributed by atoms with Gasteiger partial charge in [0.15, 0.2) is 11.5 Å². The zero-order chi connectivity index (χ0) is 35.8. The van der Waals surface area contributed by atoms with Gasteiger partial charge in [0.25, 0.3) is 0 Å². The summed E-state index contributed by atoms with van der Waals surface area (Å²) in [6, 6.07) is 14.6. The summed E-state index contributed by atoms with van der Waals surface area (Å²) in [5, 5.41) is 1.55. The van der Waals surface area contributed by atoms with E-state index >= 15 is 0 Å². The fourth-order valence-electron chi connectivity index (χ4n) is 5.36. The van der Waals surface area contributed by atoms with Crippen LogP contribution >= 0.6 is 0 Å². The first-order valence-corrected chi connectivity index (χ1v) is 16.4. The van der Waals surface area contributed by atoms with Gasteiger partial charge in [0.2, 0.25) is 11.6 Å². The zero-order valence-electron chi connectivity index (χ0n) is 28.5. The van der Waals surface area contributed by atoms with Gasteiger partial charge in [-0.2, -0.15) is 0 Å². The predicted molar refractivity (Wildman–Crippen MR) is 179 cm³/mol. The quantitative estimate of drug-likeness (QED) is 0.120. The van der Waals surface area contributed by atoms with E-state index in [2.05, 4.69) is 4.74 Å². The molecule has 0 fully saturated rings. The Morgan fingerprint density at radius 1 is 0.633 bits per heavy atom. The smallest absolute Gasteiger partial charge is 0.313 e. The number of benzene rings is 3. The summed E-state index contributed by atoms with van der Waals surface area (Å²) in [5.41, 5.74) is 2.53. The molecular formula is C38H40O11. The molecule has 2 heterocycles. The number of fused-ring (bicyclic) bond motifs is 5. The Morgan fingerprint density at radius 2 is 1.14 bits per heavy atom. The van der Waals surface area contributed by atoms with Crippen molar-refractivity contribution < 1.29 is 52.5 Å². The number of rotatable bonds is 6. The van der Waals surface area contributed by atoms with Crippen LogP contribution in [0.15, 0.2) is 54.1 Å². The molecule has 3 aliphatic rings. The van der Waals surface area contributed by atoms with E-state index in [9.17, 15) is 28.8 Å². The van der Waals surface area contributed by atoms with Crippen molar-refractivity contribution in [1.29, 1.82) is 0 Å². The van der Waals surface area contributed by atoms with Gasteiger partial charge >= 0.3 is 23.9 Å². The van der Waals surface area contributed by atoms with Crippen molar-refractivity contribution >= 4 is 52.0 Å². The van der Waals surface area contributed by atoms with Gasteiger partial charge in [-0.25, -0.2) is 0 Å². The van der Waals surface area contributed by atoms with Crippen LogP contribution < -0.4 is 14.2 Å². The molecule has 6 rings (SSSR count). The third kappa shape index (κ3) is 8.22. The second-order valence-electron chi connectivity index (χ2n) is 11.5. The van der Waals surface area contributed by atoms with Crippen molar-refractivity contribution in [2.45, 2.75) is 92.3 Å². The highest BCUT2D eigenvalue weighted by Gasteiger charge is 2.38. The van der Waals surface area contributed by atoms with E-state index in [1.54, 1.807) is 39.8 Å². The molecule has 11 heteroatoms. The lowest BCUT2D eigenvalue weighted by Crippen LogP contribution is -2.22. The van der Waals surface area contributed by atoms with Crippen LogP contribution in [0, 0.1) is 0 Å². The molecule has 2 unspecified atom stereocenters. The molecule has 0 radical (unpaired) electrons. The van der Waals surface area contributed by atoms with Gasteiger partial charge in [-0.05, 0) is 13.8 Å². The Kier molecular flexibility index (Phi) is 12.1. The molecule has 0 saturated carbocycles. The molecule has 49 heavy (non-hydrogen) atoms. The lowest BCUT2D eigenvalue weighted by atomic mass is 9.88. The number of carbonyl (C=O) groups is 6. The Labute approximate surface area is 284 Å². The van der Waals surface area contributed by atoms with E-state index in [0.717, 1.165) is 16.5 Å². The summed E-state index contributed by atoms with van der Waals surface area (Å²) in [5.74, 6) is -0.561. The fraction of sp³-hybridized carbons (Fsp3) is 0.368. The molecule has 0 spiro atoms. The minimum atomic E-state index is -0.457. The molecule has 2 aliphatic heterocycles.